The minimum absolute atomic E-state index is 0.0407. The SMILES string of the molecule is CC(CCc1ccc(O)cc1)NC(=O)NC(C)Cn1cncn1. The van der Waals surface area contributed by atoms with Crippen LogP contribution in [-0.4, -0.2) is 38.0 Å². The molecular weight excluding hydrogens is 294 g/mol. The van der Waals surface area contributed by atoms with Crippen LogP contribution in [0.3, 0.4) is 0 Å². The maximum atomic E-state index is 11.9. The van der Waals surface area contributed by atoms with Gasteiger partial charge in [-0.3, -0.25) is 4.68 Å². The van der Waals surface area contributed by atoms with Crippen molar-refractivity contribution < 1.29 is 9.90 Å². The van der Waals surface area contributed by atoms with Crippen molar-refractivity contribution in [1.29, 1.82) is 0 Å². The van der Waals surface area contributed by atoms with Gasteiger partial charge in [-0.2, -0.15) is 5.10 Å². The third kappa shape index (κ3) is 5.98. The molecule has 2 amide bonds. The summed E-state index contributed by atoms with van der Waals surface area (Å²) in [6, 6.07) is 6.96. The lowest BCUT2D eigenvalue weighted by atomic mass is 10.1. The highest BCUT2D eigenvalue weighted by atomic mass is 16.3. The number of hydrogen-bond donors (Lipinski definition) is 3. The first-order chi connectivity index (χ1) is 11.0. The summed E-state index contributed by atoms with van der Waals surface area (Å²) in [4.78, 5) is 15.8. The minimum Gasteiger partial charge on any atom is -0.508 e. The molecule has 0 bridgehead atoms. The van der Waals surface area contributed by atoms with E-state index in [1.807, 2.05) is 26.0 Å². The van der Waals surface area contributed by atoms with Gasteiger partial charge in [0.05, 0.1) is 6.54 Å². The quantitative estimate of drug-likeness (QED) is 0.724. The highest BCUT2D eigenvalue weighted by molar-refractivity contribution is 5.74. The summed E-state index contributed by atoms with van der Waals surface area (Å²) in [5.74, 6) is 0.265. The molecule has 2 aromatic rings. The second-order valence-electron chi connectivity index (χ2n) is 5.74. The largest absolute Gasteiger partial charge is 0.508 e. The molecule has 124 valence electrons. The Kier molecular flexibility index (Phi) is 5.96. The van der Waals surface area contributed by atoms with Crippen LogP contribution in [0.1, 0.15) is 25.8 Å². The van der Waals surface area contributed by atoms with Crippen LogP contribution in [0.15, 0.2) is 36.9 Å². The summed E-state index contributed by atoms with van der Waals surface area (Å²) < 4.78 is 1.68. The number of nitrogens with zero attached hydrogens (tertiary/aromatic N) is 3. The van der Waals surface area contributed by atoms with Crippen LogP contribution in [0.4, 0.5) is 4.79 Å². The molecule has 2 rings (SSSR count). The van der Waals surface area contributed by atoms with Gasteiger partial charge in [0, 0.05) is 12.1 Å². The van der Waals surface area contributed by atoms with Crippen molar-refractivity contribution in [2.45, 2.75) is 45.3 Å². The number of rotatable bonds is 7. The molecule has 7 nitrogen and oxygen atoms in total. The Morgan fingerprint density at radius 3 is 2.57 bits per heavy atom. The number of carbonyl (C=O) groups excluding carboxylic acids is 1. The fourth-order valence-electron chi connectivity index (χ4n) is 2.26. The van der Waals surface area contributed by atoms with Crippen molar-refractivity contribution in [3.8, 4) is 5.75 Å². The normalized spacial score (nSPS) is 13.3. The van der Waals surface area contributed by atoms with Crippen LogP contribution in [0, 0.1) is 0 Å². The standard InChI is InChI=1S/C16H23N5O2/c1-12(3-4-14-5-7-15(22)8-6-14)19-16(23)20-13(2)9-21-11-17-10-18-21/h5-8,10-13,22H,3-4,9H2,1-2H3,(H2,19,20,23). The number of phenols is 1. The van der Waals surface area contributed by atoms with E-state index in [0.29, 0.717) is 6.54 Å². The fourth-order valence-corrected chi connectivity index (χ4v) is 2.26. The van der Waals surface area contributed by atoms with Gasteiger partial charge in [0.25, 0.3) is 0 Å². The monoisotopic (exact) mass is 317 g/mol. The van der Waals surface area contributed by atoms with Crippen LogP contribution in [-0.2, 0) is 13.0 Å². The van der Waals surface area contributed by atoms with Crippen molar-refractivity contribution in [2.24, 2.45) is 0 Å². The van der Waals surface area contributed by atoms with Crippen molar-refractivity contribution in [3.05, 3.63) is 42.5 Å². The van der Waals surface area contributed by atoms with Gasteiger partial charge in [-0.05, 0) is 44.4 Å². The molecule has 7 heteroatoms. The summed E-state index contributed by atoms with van der Waals surface area (Å²) in [7, 11) is 0. The number of aromatic nitrogens is 3. The number of amides is 2. The third-order valence-corrected chi connectivity index (χ3v) is 3.48. The molecule has 0 spiro atoms. The Morgan fingerprint density at radius 1 is 1.22 bits per heavy atom. The average Bonchev–Trinajstić information content (AvgIpc) is 2.99. The van der Waals surface area contributed by atoms with Gasteiger partial charge < -0.3 is 15.7 Å². The molecule has 3 N–H and O–H groups in total. The molecular formula is C16H23N5O2. The number of hydrogen-bond acceptors (Lipinski definition) is 4. The van der Waals surface area contributed by atoms with Crippen molar-refractivity contribution in [3.63, 3.8) is 0 Å². The molecule has 1 heterocycles. The van der Waals surface area contributed by atoms with Crippen molar-refractivity contribution in [2.75, 3.05) is 0 Å². The fraction of sp³-hybridized carbons (Fsp3) is 0.438. The van der Waals surface area contributed by atoms with Crippen molar-refractivity contribution in [1.82, 2.24) is 25.4 Å². The van der Waals surface area contributed by atoms with Crippen LogP contribution in [0.2, 0.25) is 0 Å². The summed E-state index contributed by atoms with van der Waals surface area (Å²) in [5.41, 5.74) is 1.14. The van der Waals surface area contributed by atoms with Crippen molar-refractivity contribution >= 4 is 6.03 Å². The Labute approximate surface area is 135 Å². The Hall–Kier alpha value is -2.57. The molecule has 2 unspecified atom stereocenters. The zero-order valence-electron chi connectivity index (χ0n) is 13.4. The van der Waals surface area contributed by atoms with Gasteiger partial charge in [0.1, 0.15) is 18.4 Å². The lowest BCUT2D eigenvalue weighted by Gasteiger charge is -2.18. The molecule has 0 fully saturated rings. The molecule has 2 atom stereocenters. The second kappa shape index (κ2) is 8.17. The molecule has 0 saturated heterocycles. The van der Waals surface area contributed by atoms with Gasteiger partial charge in [-0.25, -0.2) is 9.78 Å². The number of urea groups is 1. The predicted molar refractivity (Wildman–Crippen MR) is 87.0 cm³/mol. The van der Waals surface area contributed by atoms with E-state index in [1.165, 1.54) is 6.33 Å². The number of nitrogens with one attached hydrogen (secondary N) is 2. The highest BCUT2D eigenvalue weighted by Gasteiger charge is 2.11. The number of aromatic hydroxyl groups is 1. The van der Waals surface area contributed by atoms with Crippen LogP contribution >= 0.6 is 0 Å². The van der Waals surface area contributed by atoms with E-state index in [2.05, 4.69) is 20.7 Å². The highest BCUT2D eigenvalue weighted by Crippen LogP contribution is 2.11. The van der Waals surface area contributed by atoms with E-state index in [0.717, 1.165) is 18.4 Å². The Balaban J connectivity index is 1.68. The summed E-state index contributed by atoms with van der Waals surface area (Å²) in [6.45, 7) is 4.47. The Morgan fingerprint density at radius 2 is 1.91 bits per heavy atom. The predicted octanol–water partition coefficient (Wildman–Crippen LogP) is 1.69. The van der Waals surface area contributed by atoms with Gasteiger partial charge in [-0.1, -0.05) is 12.1 Å². The molecule has 0 aliphatic rings. The maximum Gasteiger partial charge on any atom is 0.315 e. The molecule has 0 radical (unpaired) electrons. The number of benzene rings is 1. The Bertz CT molecular complexity index is 597. The maximum absolute atomic E-state index is 11.9. The first-order valence-corrected chi connectivity index (χ1v) is 7.70. The second-order valence-corrected chi connectivity index (χ2v) is 5.74. The molecule has 23 heavy (non-hydrogen) atoms. The van der Waals surface area contributed by atoms with Crippen LogP contribution < -0.4 is 10.6 Å². The summed E-state index contributed by atoms with van der Waals surface area (Å²) in [6.07, 6.45) is 4.76. The third-order valence-electron chi connectivity index (χ3n) is 3.48. The van der Waals surface area contributed by atoms with E-state index in [4.69, 9.17) is 0 Å². The number of phenolic OH excluding ortho intramolecular Hbond substituents is 1. The summed E-state index contributed by atoms with van der Waals surface area (Å²) in [5, 5.41) is 19.1. The minimum atomic E-state index is -0.184. The van der Waals surface area contributed by atoms with Gasteiger partial charge in [0.15, 0.2) is 0 Å². The van der Waals surface area contributed by atoms with Gasteiger partial charge in [0.2, 0.25) is 0 Å². The first-order valence-electron chi connectivity index (χ1n) is 7.70. The molecule has 1 aromatic heterocycles. The molecule has 0 aliphatic carbocycles. The van der Waals surface area contributed by atoms with Crippen LogP contribution in [0.25, 0.3) is 0 Å². The van der Waals surface area contributed by atoms with Gasteiger partial charge in [-0.15, -0.1) is 0 Å². The van der Waals surface area contributed by atoms with E-state index in [1.54, 1.807) is 23.1 Å². The number of aryl methyl sites for hydroxylation is 1. The zero-order valence-corrected chi connectivity index (χ0v) is 13.4. The number of carbonyl (C=O) groups is 1. The van der Waals surface area contributed by atoms with E-state index >= 15 is 0 Å². The zero-order chi connectivity index (χ0) is 16.7. The topological polar surface area (TPSA) is 92.1 Å². The van der Waals surface area contributed by atoms with E-state index in [-0.39, 0.29) is 23.9 Å². The average molecular weight is 317 g/mol. The van der Waals surface area contributed by atoms with E-state index in [9.17, 15) is 9.90 Å². The smallest absolute Gasteiger partial charge is 0.315 e. The van der Waals surface area contributed by atoms with E-state index < -0.39 is 0 Å². The molecule has 0 aliphatic heterocycles. The summed E-state index contributed by atoms with van der Waals surface area (Å²) >= 11 is 0. The van der Waals surface area contributed by atoms with Crippen LogP contribution in [0.5, 0.6) is 5.75 Å². The first kappa shape index (κ1) is 16.8. The van der Waals surface area contributed by atoms with Gasteiger partial charge >= 0.3 is 6.03 Å². The molecule has 1 aromatic carbocycles. The lowest BCUT2D eigenvalue weighted by Crippen LogP contribution is -2.45. The molecule has 0 saturated carbocycles. The lowest BCUT2D eigenvalue weighted by molar-refractivity contribution is 0.232.